The molecular formula is C25H30IN5O2. The fraction of sp³-hybridized carbons (Fsp3) is 0.360. The van der Waals surface area contributed by atoms with Crippen molar-refractivity contribution < 1.29 is 9.59 Å². The van der Waals surface area contributed by atoms with Gasteiger partial charge in [0.05, 0.1) is 5.57 Å². The molecule has 0 bridgehead atoms. The second-order valence-corrected chi connectivity index (χ2v) is 10.1. The molecule has 2 N–H and O–H groups in total. The minimum absolute atomic E-state index is 0.357. The van der Waals surface area contributed by atoms with Crippen LogP contribution in [0.15, 0.2) is 48.7 Å². The summed E-state index contributed by atoms with van der Waals surface area (Å²) >= 11 is 2.18. The van der Waals surface area contributed by atoms with Crippen molar-refractivity contribution in [3.8, 4) is 0 Å². The number of hydrogen-bond donors (Lipinski definition) is 2. The molecule has 2 amide bonds. The zero-order chi connectivity index (χ0) is 23.5. The highest BCUT2D eigenvalue weighted by Crippen LogP contribution is 2.27. The summed E-state index contributed by atoms with van der Waals surface area (Å²) in [6.07, 6.45) is 1.68. The lowest BCUT2D eigenvalue weighted by Crippen LogP contribution is -2.51. The van der Waals surface area contributed by atoms with Crippen molar-refractivity contribution in [1.29, 1.82) is 0 Å². The maximum absolute atomic E-state index is 12.4. The van der Waals surface area contributed by atoms with Gasteiger partial charge in [-0.25, -0.2) is 0 Å². The van der Waals surface area contributed by atoms with Crippen LogP contribution in [0, 0.1) is 3.57 Å². The van der Waals surface area contributed by atoms with Crippen LogP contribution in [0.3, 0.4) is 0 Å². The fourth-order valence-corrected chi connectivity index (χ4v) is 4.92. The number of nitrogens with one attached hydrogen (secondary N) is 2. The SMILES string of the molecule is CC(CN(C)C)N1CCN(c2ccc(NC=C3C(=O)NC(=O)c4ccc(I)cc43)cc2)CC1. The Morgan fingerprint density at radius 1 is 1.03 bits per heavy atom. The Morgan fingerprint density at radius 3 is 2.39 bits per heavy atom. The van der Waals surface area contributed by atoms with E-state index >= 15 is 0 Å². The van der Waals surface area contributed by atoms with E-state index < -0.39 is 0 Å². The average molecular weight is 559 g/mol. The number of piperazine rings is 1. The van der Waals surface area contributed by atoms with Crippen LogP contribution in [0.1, 0.15) is 22.8 Å². The summed E-state index contributed by atoms with van der Waals surface area (Å²) in [6.45, 7) is 7.52. The Bertz CT molecular complexity index is 1060. The highest BCUT2D eigenvalue weighted by atomic mass is 127. The summed E-state index contributed by atoms with van der Waals surface area (Å²) in [5.41, 5.74) is 3.71. The molecule has 1 unspecified atom stereocenters. The second kappa shape index (κ2) is 10.2. The van der Waals surface area contributed by atoms with E-state index in [1.165, 1.54) is 5.69 Å². The van der Waals surface area contributed by atoms with E-state index in [1.807, 2.05) is 24.3 Å². The van der Waals surface area contributed by atoms with Crippen molar-refractivity contribution in [2.75, 3.05) is 57.0 Å². The number of anilines is 2. The van der Waals surface area contributed by atoms with Crippen molar-refractivity contribution in [2.45, 2.75) is 13.0 Å². The van der Waals surface area contributed by atoms with Gasteiger partial charge in [-0.1, -0.05) is 0 Å². The molecule has 4 rings (SSSR count). The van der Waals surface area contributed by atoms with Crippen molar-refractivity contribution in [1.82, 2.24) is 15.1 Å². The molecule has 8 heteroatoms. The van der Waals surface area contributed by atoms with Gasteiger partial charge in [-0.2, -0.15) is 0 Å². The van der Waals surface area contributed by atoms with Gasteiger partial charge >= 0.3 is 0 Å². The van der Waals surface area contributed by atoms with E-state index in [0.717, 1.165) is 42.0 Å². The smallest absolute Gasteiger partial charge is 0.260 e. The largest absolute Gasteiger partial charge is 0.369 e. The number of halogens is 1. The number of hydrogen-bond acceptors (Lipinski definition) is 6. The molecule has 0 aromatic heterocycles. The molecule has 0 radical (unpaired) electrons. The van der Waals surface area contributed by atoms with Crippen LogP contribution in [0.5, 0.6) is 0 Å². The van der Waals surface area contributed by atoms with Gasteiger partial charge in [-0.15, -0.1) is 0 Å². The lowest BCUT2D eigenvalue weighted by molar-refractivity contribution is -0.114. The lowest BCUT2D eigenvalue weighted by atomic mass is 9.95. The summed E-state index contributed by atoms with van der Waals surface area (Å²) in [4.78, 5) is 31.8. The number of fused-ring (bicyclic) bond motifs is 1. The topological polar surface area (TPSA) is 67.9 Å². The highest BCUT2D eigenvalue weighted by Gasteiger charge is 2.27. The van der Waals surface area contributed by atoms with Crippen LogP contribution < -0.4 is 15.5 Å². The molecule has 2 aromatic carbocycles. The normalized spacial score (nSPS) is 18.9. The quantitative estimate of drug-likeness (QED) is 0.322. The van der Waals surface area contributed by atoms with Crippen LogP contribution in [-0.4, -0.2) is 74.5 Å². The first-order valence-corrected chi connectivity index (χ1v) is 12.3. The molecule has 1 fully saturated rings. The van der Waals surface area contributed by atoms with Gasteiger partial charge in [0, 0.05) is 71.0 Å². The molecule has 174 valence electrons. The predicted molar refractivity (Wildman–Crippen MR) is 141 cm³/mol. The Balaban J connectivity index is 1.40. The van der Waals surface area contributed by atoms with Crippen molar-refractivity contribution in [3.63, 3.8) is 0 Å². The van der Waals surface area contributed by atoms with Gasteiger partial charge in [0.1, 0.15) is 0 Å². The van der Waals surface area contributed by atoms with E-state index in [4.69, 9.17) is 0 Å². The fourth-order valence-electron chi connectivity index (χ4n) is 4.43. The molecule has 2 heterocycles. The van der Waals surface area contributed by atoms with E-state index in [1.54, 1.807) is 12.3 Å². The van der Waals surface area contributed by atoms with E-state index in [-0.39, 0.29) is 11.8 Å². The minimum atomic E-state index is -0.389. The van der Waals surface area contributed by atoms with Gasteiger partial charge in [-0.3, -0.25) is 19.8 Å². The average Bonchev–Trinajstić information content (AvgIpc) is 2.79. The number of rotatable bonds is 6. The van der Waals surface area contributed by atoms with Gasteiger partial charge in [0.25, 0.3) is 11.8 Å². The standard InChI is InChI=1S/C25H30IN5O2/c1-17(16-29(2)3)30-10-12-31(13-11-30)20-7-5-19(6-8-20)27-15-23-22-14-18(26)4-9-21(22)24(32)28-25(23)33/h4-9,14-15,17,27H,10-13,16H2,1-3H3,(H,28,32,33). The first-order valence-electron chi connectivity index (χ1n) is 11.2. The monoisotopic (exact) mass is 559 g/mol. The number of amides is 2. The number of likely N-dealkylation sites (N-methyl/N-ethyl adjacent to an activating group) is 1. The predicted octanol–water partition coefficient (Wildman–Crippen LogP) is 3.09. The highest BCUT2D eigenvalue weighted by molar-refractivity contribution is 14.1. The number of imide groups is 1. The molecule has 1 atom stereocenters. The molecule has 2 aliphatic heterocycles. The van der Waals surface area contributed by atoms with Crippen molar-refractivity contribution in [2.24, 2.45) is 0 Å². The van der Waals surface area contributed by atoms with Crippen molar-refractivity contribution >= 4 is 51.4 Å². The van der Waals surface area contributed by atoms with Crippen LogP contribution in [0.2, 0.25) is 0 Å². The third-order valence-electron chi connectivity index (χ3n) is 6.17. The zero-order valence-electron chi connectivity index (χ0n) is 19.3. The van der Waals surface area contributed by atoms with Crippen LogP contribution >= 0.6 is 22.6 Å². The van der Waals surface area contributed by atoms with Crippen LogP contribution in [0.4, 0.5) is 11.4 Å². The molecule has 0 saturated carbocycles. The van der Waals surface area contributed by atoms with Crippen molar-refractivity contribution in [3.05, 3.63) is 63.4 Å². The summed E-state index contributed by atoms with van der Waals surface area (Å²) in [5.74, 6) is -0.746. The summed E-state index contributed by atoms with van der Waals surface area (Å²) in [5, 5.41) is 5.64. The maximum Gasteiger partial charge on any atom is 0.260 e. The van der Waals surface area contributed by atoms with E-state index in [9.17, 15) is 9.59 Å². The summed E-state index contributed by atoms with van der Waals surface area (Å²) < 4.78 is 0.973. The number of carbonyl (C=O) groups is 2. The molecule has 0 spiro atoms. The van der Waals surface area contributed by atoms with Crippen LogP contribution in [-0.2, 0) is 4.79 Å². The number of nitrogens with zero attached hydrogens (tertiary/aromatic N) is 3. The molecule has 2 aromatic rings. The maximum atomic E-state index is 12.4. The molecule has 7 nitrogen and oxygen atoms in total. The van der Waals surface area contributed by atoms with Gasteiger partial charge in [-0.05, 0) is 86.1 Å². The second-order valence-electron chi connectivity index (χ2n) is 8.86. The molecule has 0 aliphatic carbocycles. The van der Waals surface area contributed by atoms with Gasteiger partial charge in [0.2, 0.25) is 0 Å². The first-order chi connectivity index (χ1) is 15.8. The molecule has 2 aliphatic rings. The zero-order valence-corrected chi connectivity index (χ0v) is 21.4. The van der Waals surface area contributed by atoms with E-state index in [2.05, 4.69) is 81.1 Å². The Morgan fingerprint density at radius 2 is 1.73 bits per heavy atom. The van der Waals surface area contributed by atoms with Gasteiger partial charge < -0.3 is 15.1 Å². The lowest BCUT2D eigenvalue weighted by Gasteiger charge is -2.39. The Labute approximate surface area is 208 Å². The molecular weight excluding hydrogens is 529 g/mol. The number of benzene rings is 2. The Hall–Kier alpha value is -2.43. The van der Waals surface area contributed by atoms with Crippen LogP contribution in [0.25, 0.3) is 5.57 Å². The summed E-state index contributed by atoms with van der Waals surface area (Å²) in [7, 11) is 4.25. The third kappa shape index (κ3) is 5.56. The first kappa shape index (κ1) is 23.7. The minimum Gasteiger partial charge on any atom is -0.369 e. The van der Waals surface area contributed by atoms with Gasteiger partial charge in [0.15, 0.2) is 0 Å². The van der Waals surface area contributed by atoms with E-state index in [0.29, 0.717) is 22.7 Å². The number of carbonyl (C=O) groups excluding carboxylic acids is 2. The summed E-state index contributed by atoms with van der Waals surface area (Å²) in [6, 6.07) is 14.3. The Kier molecular flexibility index (Phi) is 7.35. The molecule has 1 saturated heterocycles. The third-order valence-corrected chi connectivity index (χ3v) is 6.84. The molecule has 33 heavy (non-hydrogen) atoms.